The summed E-state index contributed by atoms with van der Waals surface area (Å²) in [5.74, 6) is -0.180. The molecule has 0 spiro atoms. The van der Waals surface area contributed by atoms with Crippen LogP contribution in [-0.2, 0) is 16.1 Å². The number of nitrogens with zero attached hydrogens (tertiary/aromatic N) is 2. The van der Waals surface area contributed by atoms with Gasteiger partial charge in [-0.25, -0.2) is 4.98 Å². The topological polar surface area (TPSA) is 61.2 Å². The molecule has 0 aliphatic carbocycles. The van der Waals surface area contributed by atoms with E-state index in [2.05, 4.69) is 4.98 Å². The Labute approximate surface area is 144 Å². The van der Waals surface area contributed by atoms with E-state index >= 15 is 0 Å². The van der Waals surface area contributed by atoms with Gasteiger partial charge in [0.15, 0.2) is 0 Å². The van der Waals surface area contributed by atoms with Crippen LogP contribution in [0.5, 0.6) is 0 Å². The maximum Gasteiger partial charge on any atom is 0.305 e. The van der Waals surface area contributed by atoms with E-state index in [-0.39, 0.29) is 11.5 Å². The molecule has 7 heteroatoms. The summed E-state index contributed by atoms with van der Waals surface area (Å²) in [6.07, 6.45) is 4.03. The summed E-state index contributed by atoms with van der Waals surface area (Å²) in [5.41, 5.74) is 1.11. The van der Waals surface area contributed by atoms with Gasteiger partial charge in [-0.1, -0.05) is 29.6 Å². The lowest BCUT2D eigenvalue weighted by Crippen LogP contribution is -2.20. The Hall–Kier alpha value is -1.59. The SMILES string of the molecule is CCOC(=O)CCCCCn1c(=O)cnc2cc(Cl)c(Cl)cc21. The third kappa shape index (κ3) is 4.69. The van der Waals surface area contributed by atoms with Gasteiger partial charge in [-0.05, 0) is 31.9 Å². The van der Waals surface area contributed by atoms with Crippen LogP contribution in [0.25, 0.3) is 11.0 Å². The third-order valence-electron chi connectivity index (χ3n) is 3.46. The highest BCUT2D eigenvalue weighted by Gasteiger charge is 2.08. The number of ether oxygens (including phenoxy) is 1. The van der Waals surface area contributed by atoms with Gasteiger partial charge in [-0.3, -0.25) is 9.59 Å². The number of halogens is 2. The highest BCUT2D eigenvalue weighted by atomic mass is 35.5. The number of hydrogen-bond donors (Lipinski definition) is 0. The van der Waals surface area contributed by atoms with Crippen LogP contribution in [0.1, 0.15) is 32.6 Å². The van der Waals surface area contributed by atoms with Gasteiger partial charge in [0.05, 0.1) is 33.9 Å². The Morgan fingerprint density at radius 3 is 2.70 bits per heavy atom. The lowest BCUT2D eigenvalue weighted by atomic mass is 10.2. The molecule has 0 saturated heterocycles. The van der Waals surface area contributed by atoms with Crippen LogP contribution >= 0.6 is 23.2 Å². The molecule has 0 radical (unpaired) electrons. The van der Waals surface area contributed by atoms with Crippen LogP contribution in [0.2, 0.25) is 10.0 Å². The van der Waals surface area contributed by atoms with E-state index in [0.717, 1.165) is 19.3 Å². The molecule has 0 N–H and O–H groups in total. The number of aromatic nitrogens is 2. The summed E-state index contributed by atoms with van der Waals surface area (Å²) in [7, 11) is 0. The highest BCUT2D eigenvalue weighted by molar-refractivity contribution is 6.42. The summed E-state index contributed by atoms with van der Waals surface area (Å²) < 4.78 is 6.51. The van der Waals surface area contributed by atoms with E-state index in [0.29, 0.717) is 40.7 Å². The summed E-state index contributed by atoms with van der Waals surface area (Å²) in [6, 6.07) is 3.31. The van der Waals surface area contributed by atoms with E-state index in [4.69, 9.17) is 27.9 Å². The van der Waals surface area contributed by atoms with Crippen LogP contribution < -0.4 is 5.56 Å². The average Bonchev–Trinajstić information content (AvgIpc) is 2.51. The van der Waals surface area contributed by atoms with E-state index in [1.165, 1.54) is 6.20 Å². The molecule has 124 valence electrons. The predicted molar refractivity (Wildman–Crippen MR) is 91.1 cm³/mol. The van der Waals surface area contributed by atoms with Crippen molar-refractivity contribution in [3.8, 4) is 0 Å². The van der Waals surface area contributed by atoms with Gasteiger partial charge in [-0.2, -0.15) is 0 Å². The van der Waals surface area contributed by atoms with Crippen molar-refractivity contribution in [3.63, 3.8) is 0 Å². The third-order valence-corrected chi connectivity index (χ3v) is 4.18. The number of rotatable bonds is 7. The molecule has 2 rings (SSSR count). The number of benzene rings is 1. The lowest BCUT2D eigenvalue weighted by molar-refractivity contribution is -0.143. The van der Waals surface area contributed by atoms with Crippen molar-refractivity contribution >= 4 is 40.2 Å². The molecule has 0 aliphatic rings. The second kappa shape index (κ2) is 8.31. The first-order valence-corrected chi connectivity index (χ1v) is 8.28. The maximum atomic E-state index is 12.0. The number of hydrogen-bond acceptors (Lipinski definition) is 4. The van der Waals surface area contributed by atoms with Crippen LogP contribution in [0, 0.1) is 0 Å². The molecule has 1 aromatic carbocycles. The Morgan fingerprint density at radius 2 is 1.96 bits per heavy atom. The van der Waals surface area contributed by atoms with Gasteiger partial charge >= 0.3 is 5.97 Å². The molecule has 0 aliphatic heterocycles. The fraction of sp³-hybridized carbons (Fsp3) is 0.438. The van der Waals surface area contributed by atoms with Gasteiger partial charge in [-0.15, -0.1) is 0 Å². The van der Waals surface area contributed by atoms with Crippen LogP contribution in [0.3, 0.4) is 0 Å². The van der Waals surface area contributed by atoms with Crippen molar-refractivity contribution in [2.24, 2.45) is 0 Å². The molecule has 1 aromatic heterocycles. The highest BCUT2D eigenvalue weighted by Crippen LogP contribution is 2.26. The largest absolute Gasteiger partial charge is 0.466 e. The van der Waals surface area contributed by atoms with Crippen molar-refractivity contribution in [1.82, 2.24) is 9.55 Å². The maximum absolute atomic E-state index is 12.0. The number of carbonyl (C=O) groups is 1. The number of fused-ring (bicyclic) bond motifs is 1. The van der Waals surface area contributed by atoms with Crippen molar-refractivity contribution in [2.75, 3.05) is 6.61 Å². The molecule has 0 saturated carbocycles. The van der Waals surface area contributed by atoms with Crippen molar-refractivity contribution in [2.45, 2.75) is 39.2 Å². The van der Waals surface area contributed by atoms with E-state index in [9.17, 15) is 9.59 Å². The molecule has 0 unspecified atom stereocenters. The second-order valence-corrected chi connectivity index (χ2v) is 5.93. The molecule has 23 heavy (non-hydrogen) atoms. The van der Waals surface area contributed by atoms with Gasteiger partial charge in [0.1, 0.15) is 0 Å². The molecule has 2 aromatic rings. The zero-order valence-electron chi connectivity index (χ0n) is 12.8. The van der Waals surface area contributed by atoms with Crippen LogP contribution in [-0.4, -0.2) is 22.1 Å². The molecule has 1 heterocycles. The van der Waals surface area contributed by atoms with Gasteiger partial charge in [0, 0.05) is 13.0 Å². The second-order valence-electron chi connectivity index (χ2n) is 5.12. The molecular weight excluding hydrogens is 339 g/mol. The van der Waals surface area contributed by atoms with Crippen molar-refractivity contribution in [3.05, 3.63) is 38.7 Å². The fourth-order valence-corrected chi connectivity index (χ4v) is 2.65. The fourth-order valence-electron chi connectivity index (χ4n) is 2.34. The standard InChI is InChI=1S/C16H18Cl2N2O3/c1-2-23-16(22)6-4-3-5-7-20-14-9-12(18)11(17)8-13(14)19-10-15(20)21/h8-10H,2-7H2,1H3. The summed E-state index contributed by atoms with van der Waals surface area (Å²) >= 11 is 12.0. The molecule has 0 bridgehead atoms. The first-order valence-electron chi connectivity index (χ1n) is 7.53. The number of unbranched alkanes of at least 4 members (excludes halogenated alkanes) is 2. The smallest absolute Gasteiger partial charge is 0.305 e. The normalized spacial score (nSPS) is 10.9. The monoisotopic (exact) mass is 356 g/mol. The Morgan fingerprint density at radius 1 is 1.22 bits per heavy atom. The quantitative estimate of drug-likeness (QED) is 0.558. The minimum Gasteiger partial charge on any atom is -0.466 e. The van der Waals surface area contributed by atoms with Gasteiger partial charge in [0.2, 0.25) is 0 Å². The molecule has 5 nitrogen and oxygen atoms in total. The summed E-state index contributed by atoms with van der Waals surface area (Å²) in [6.45, 7) is 2.73. The minimum atomic E-state index is -0.180. The molecule has 0 fully saturated rings. The Bertz CT molecular complexity index is 759. The minimum absolute atomic E-state index is 0.179. The number of carbonyl (C=O) groups excluding carboxylic acids is 1. The van der Waals surface area contributed by atoms with Gasteiger partial charge in [0.25, 0.3) is 5.56 Å². The van der Waals surface area contributed by atoms with Crippen molar-refractivity contribution < 1.29 is 9.53 Å². The van der Waals surface area contributed by atoms with E-state index < -0.39 is 0 Å². The summed E-state index contributed by atoms with van der Waals surface area (Å²) in [4.78, 5) is 27.4. The van der Waals surface area contributed by atoms with E-state index in [1.54, 1.807) is 23.6 Å². The van der Waals surface area contributed by atoms with Gasteiger partial charge < -0.3 is 9.30 Å². The first-order chi connectivity index (χ1) is 11.0. The zero-order valence-corrected chi connectivity index (χ0v) is 14.4. The molecule has 0 amide bonds. The number of esters is 1. The number of aryl methyl sites for hydroxylation is 1. The van der Waals surface area contributed by atoms with Crippen LogP contribution in [0.15, 0.2) is 23.1 Å². The Balaban J connectivity index is 2.02. The predicted octanol–water partition coefficient (Wildman–Crippen LogP) is 3.83. The molecule has 0 atom stereocenters. The van der Waals surface area contributed by atoms with E-state index in [1.807, 2.05) is 0 Å². The van der Waals surface area contributed by atoms with Crippen LogP contribution in [0.4, 0.5) is 0 Å². The lowest BCUT2D eigenvalue weighted by Gasteiger charge is -2.10. The average molecular weight is 357 g/mol. The summed E-state index contributed by atoms with van der Waals surface area (Å²) in [5, 5.41) is 0.800. The first kappa shape index (κ1) is 17.8. The zero-order chi connectivity index (χ0) is 16.8. The molecular formula is C16H18Cl2N2O3. The van der Waals surface area contributed by atoms with Crippen molar-refractivity contribution in [1.29, 1.82) is 0 Å². The Kier molecular flexibility index (Phi) is 6.42.